The second-order valence-electron chi connectivity index (χ2n) is 4.83. The van der Waals surface area contributed by atoms with Gasteiger partial charge in [-0.25, -0.2) is 0 Å². The minimum atomic E-state index is -0.284. The van der Waals surface area contributed by atoms with Crippen molar-refractivity contribution in [2.45, 2.75) is 19.9 Å². The number of carbonyl (C=O) groups is 2. The van der Waals surface area contributed by atoms with Gasteiger partial charge in [0.05, 0.1) is 9.93 Å². The molecule has 1 fully saturated rings. The van der Waals surface area contributed by atoms with Gasteiger partial charge in [0.2, 0.25) is 0 Å². The lowest BCUT2D eigenvalue weighted by molar-refractivity contribution is -0.123. The lowest BCUT2D eigenvalue weighted by Crippen LogP contribution is -2.34. The molecule has 0 atom stereocenters. The number of hydrogen-bond acceptors (Lipinski definition) is 4. The first-order chi connectivity index (χ1) is 10.4. The van der Waals surface area contributed by atoms with E-state index in [9.17, 15) is 9.59 Å². The second kappa shape index (κ2) is 6.91. The van der Waals surface area contributed by atoms with E-state index >= 15 is 0 Å². The van der Waals surface area contributed by atoms with Crippen LogP contribution in [0.1, 0.15) is 19.4 Å². The number of thioether (sulfide) groups is 1. The van der Waals surface area contributed by atoms with Crippen molar-refractivity contribution < 1.29 is 14.3 Å². The molecule has 4 nitrogen and oxygen atoms in total. The van der Waals surface area contributed by atoms with Gasteiger partial charge < -0.3 is 4.74 Å². The Morgan fingerprint density at radius 1 is 1.45 bits per heavy atom. The smallest absolute Gasteiger partial charge is 0.293 e. The highest BCUT2D eigenvalue weighted by Gasteiger charge is 2.36. The van der Waals surface area contributed by atoms with Crippen LogP contribution in [0.4, 0.5) is 4.79 Å². The van der Waals surface area contributed by atoms with Crippen molar-refractivity contribution in [1.82, 2.24) is 4.90 Å². The van der Waals surface area contributed by atoms with Gasteiger partial charge in [0.1, 0.15) is 12.4 Å². The van der Waals surface area contributed by atoms with Gasteiger partial charge in [-0.3, -0.25) is 14.5 Å². The van der Waals surface area contributed by atoms with Gasteiger partial charge in [0, 0.05) is 6.04 Å². The third-order valence-electron chi connectivity index (χ3n) is 2.90. The Morgan fingerprint density at radius 2 is 2.18 bits per heavy atom. The standard InChI is InChI=1S/C16H14ClNO3S/c1-4-7-21-13-6-5-11(8-12(13)17)9-14-15(19)18(10(2)3)16(20)22-14/h1,5-6,8-10H,7H2,2-3H3/b14-9-. The summed E-state index contributed by atoms with van der Waals surface area (Å²) < 4.78 is 5.27. The molecule has 1 heterocycles. The molecule has 0 saturated carbocycles. The van der Waals surface area contributed by atoms with Gasteiger partial charge in [0.15, 0.2) is 0 Å². The molecule has 1 aromatic rings. The van der Waals surface area contributed by atoms with Crippen molar-refractivity contribution in [3.63, 3.8) is 0 Å². The summed E-state index contributed by atoms with van der Waals surface area (Å²) in [5, 5.41) is 0.137. The molecule has 0 N–H and O–H groups in total. The minimum absolute atomic E-state index is 0.131. The highest BCUT2D eigenvalue weighted by Crippen LogP contribution is 2.34. The maximum absolute atomic E-state index is 12.2. The molecular formula is C16H14ClNO3S. The Morgan fingerprint density at radius 3 is 2.73 bits per heavy atom. The van der Waals surface area contributed by atoms with Gasteiger partial charge in [-0.05, 0) is 49.4 Å². The molecule has 2 rings (SSSR count). The van der Waals surface area contributed by atoms with Crippen LogP contribution in [-0.2, 0) is 4.79 Å². The molecule has 1 aromatic carbocycles. The molecule has 0 unspecified atom stereocenters. The fourth-order valence-electron chi connectivity index (χ4n) is 1.92. The number of imide groups is 1. The van der Waals surface area contributed by atoms with Gasteiger partial charge in [-0.15, -0.1) is 6.42 Å². The number of halogens is 1. The van der Waals surface area contributed by atoms with Crippen LogP contribution in [0.25, 0.3) is 6.08 Å². The molecule has 2 amide bonds. The average Bonchev–Trinajstić information content (AvgIpc) is 2.72. The largest absolute Gasteiger partial charge is 0.479 e. The molecule has 1 aliphatic rings. The molecule has 6 heteroatoms. The van der Waals surface area contributed by atoms with Crippen LogP contribution in [0, 0.1) is 12.3 Å². The van der Waals surface area contributed by atoms with E-state index in [4.69, 9.17) is 22.8 Å². The maximum atomic E-state index is 12.2. The summed E-state index contributed by atoms with van der Waals surface area (Å²) >= 11 is 7.03. The van der Waals surface area contributed by atoms with Gasteiger partial charge in [-0.2, -0.15) is 0 Å². The predicted octanol–water partition coefficient (Wildman–Crippen LogP) is 3.80. The van der Waals surface area contributed by atoms with Crippen LogP contribution < -0.4 is 4.74 Å². The van der Waals surface area contributed by atoms with Gasteiger partial charge in [0.25, 0.3) is 11.1 Å². The average molecular weight is 336 g/mol. The number of terminal acetylenes is 1. The summed E-state index contributed by atoms with van der Waals surface area (Å²) in [4.78, 5) is 25.6. The molecule has 0 aromatic heterocycles. The number of amides is 2. The zero-order valence-electron chi connectivity index (χ0n) is 12.1. The molecule has 0 bridgehead atoms. The Kier molecular flexibility index (Phi) is 5.17. The van der Waals surface area contributed by atoms with Crippen LogP contribution in [0.15, 0.2) is 23.1 Å². The van der Waals surface area contributed by atoms with Crippen LogP contribution in [0.2, 0.25) is 5.02 Å². The summed E-state index contributed by atoms with van der Waals surface area (Å²) in [7, 11) is 0. The van der Waals surface area contributed by atoms with Crippen molar-refractivity contribution >= 4 is 40.6 Å². The summed E-state index contributed by atoms with van der Waals surface area (Å²) in [5.41, 5.74) is 0.715. The SMILES string of the molecule is C#CCOc1ccc(/C=C2\SC(=O)N(C(C)C)C2=O)cc1Cl. The zero-order valence-corrected chi connectivity index (χ0v) is 13.7. The zero-order chi connectivity index (χ0) is 16.3. The number of ether oxygens (including phenoxy) is 1. The summed E-state index contributed by atoms with van der Waals surface area (Å²) in [6.45, 7) is 3.73. The highest BCUT2D eigenvalue weighted by atomic mass is 35.5. The van der Waals surface area contributed by atoms with Crippen molar-refractivity contribution in [1.29, 1.82) is 0 Å². The molecule has 0 radical (unpaired) electrons. The second-order valence-corrected chi connectivity index (χ2v) is 6.23. The molecular weight excluding hydrogens is 322 g/mol. The Bertz CT molecular complexity index is 691. The van der Waals surface area contributed by atoms with E-state index in [-0.39, 0.29) is 23.8 Å². The van der Waals surface area contributed by atoms with Crippen LogP contribution in [0.5, 0.6) is 5.75 Å². The molecule has 114 valence electrons. The van der Waals surface area contributed by atoms with Gasteiger partial charge in [-0.1, -0.05) is 23.6 Å². The monoisotopic (exact) mass is 335 g/mol. The first-order valence-electron chi connectivity index (χ1n) is 6.57. The number of rotatable bonds is 4. The first-order valence-corrected chi connectivity index (χ1v) is 7.76. The summed E-state index contributed by atoms with van der Waals surface area (Å²) in [6, 6.07) is 4.93. The number of nitrogens with zero attached hydrogens (tertiary/aromatic N) is 1. The Labute approximate surface area is 138 Å². The normalized spacial score (nSPS) is 16.5. The van der Waals surface area contributed by atoms with E-state index in [0.717, 1.165) is 11.8 Å². The Hall–Kier alpha value is -1.90. The van der Waals surface area contributed by atoms with Crippen molar-refractivity contribution in [2.24, 2.45) is 0 Å². The number of carbonyl (C=O) groups excluding carboxylic acids is 2. The van der Waals surface area contributed by atoms with E-state index in [0.29, 0.717) is 21.2 Å². The van der Waals surface area contributed by atoms with Gasteiger partial charge >= 0.3 is 0 Å². The fourth-order valence-corrected chi connectivity index (χ4v) is 3.12. The summed E-state index contributed by atoms with van der Waals surface area (Å²) in [6.07, 6.45) is 6.77. The topological polar surface area (TPSA) is 46.6 Å². The third kappa shape index (κ3) is 3.46. The van der Waals surface area contributed by atoms with E-state index < -0.39 is 0 Å². The first kappa shape index (κ1) is 16.5. The van der Waals surface area contributed by atoms with Crippen molar-refractivity contribution in [2.75, 3.05) is 6.61 Å². The Balaban J connectivity index is 2.24. The van der Waals surface area contributed by atoms with Crippen LogP contribution in [0.3, 0.4) is 0 Å². The van der Waals surface area contributed by atoms with E-state index in [1.165, 1.54) is 4.90 Å². The van der Waals surface area contributed by atoms with E-state index in [1.54, 1.807) is 38.1 Å². The maximum Gasteiger partial charge on any atom is 0.293 e. The minimum Gasteiger partial charge on any atom is -0.479 e. The highest BCUT2D eigenvalue weighted by molar-refractivity contribution is 8.18. The van der Waals surface area contributed by atoms with Crippen LogP contribution >= 0.6 is 23.4 Å². The van der Waals surface area contributed by atoms with Crippen molar-refractivity contribution in [3.05, 3.63) is 33.7 Å². The molecule has 0 spiro atoms. The summed E-state index contributed by atoms with van der Waals surface area (Å²) in [5.74, 6) is 2.55. The fraction of sp³-hybridized carbons (Fsp3) is 0.250. The molecule has 22 heavy (non-hydrogen) atoms. The molecule has 0 aliphatic carbocycles. The lowest BCUT2D eigenvalue weighted by atomic mass is 10.2. The predicted molar refractivity (Wildman–Crippen MR) is 88.7 cm³/mol. The van der Waals surface area contributed by atoms with E-state index in [2.05, 4.69) is 5.92 Å². The number of hydrogen-bond donors (Lipinski definition) is 0. The van der Waals surface area contributed by atoms with E-state index in [1.807, 2.05) is 0 Å². The van der Waals surface area contributed by atoms with Crippen molar-refractivity contribution in [3.8, 4) is 18.1 Å². The van der Waals surface area contributed by atoms with Crippen LogP contribution in [-0.4, -0.2) is 28.7 Å². The lowest BCUT2D eigenvalue weighted by Gasteiger charge is -2.16. The molecule has 1 saturated heterocycles. The third-order valence-corrected chi connectivity index (χ3v) is 4.08. The number of benzene rings is 1. The molecule has 1 aliphatic heterocycles. The quantitative estimate of drug-likeness (QED) is 0.620.